The zero-order valence-electron chi connectivity index (χ0n) is 25.9. The summed E-state index contributed by atoms with van der Waals surface area (Å²) in [6.45, 7) is 4.39. The van der Waals surface area contributed by atoms with Gasteiger partial charge in [-0.25, -0.2) is 14.8 Å². The van der Waals surface area contributed by atoms with Crippen LogP contribution < -0.4 is 9.47 Å². The number of carbonyl (C=O) groups is 1. The first-order valence-corrected chi connectivity index (χ1v) is 16.5. The molecule has 1 aliphatic carbocycles. The number of hydrogen-bond donors (Lipinski definition) is 0. The minimum atomic E-state index is -0.427. The highest BCUT2D eigenvalue weighted by Crippen LogP contribution is 2.38. The lowest BCUT2D eigenvalue weighted by Gasteiger charge is -2.29. The van der Waals surface area contributed by atoms with Gasteiger partial charge >= 0.3 is 5.97 Å². The van der Waals surface area contributed by atoms with E-state index >= 15 is 0 Å². The molecule has 1 aliphatic rings. The number of hydrogen-bond acceptors (Lipinski definition) is 5. The van der Waals surface area contributed by atoms with Crippen molar-refractivity contribution >= 4 is 5.97 Å². The quantitative estimate of drug-likeness (QED) is 0.0918. The lowest BCUT2D eigenvalue weighted by atomic mass is 9.77. The Kier molecular flexibility index (Phi) is 13.4. The van der Waals surface area contributed by atoms with Crippen molar-refractivity contribution < 1.29 is 14.3 Å². The predicted molar refractivity (Wildman–Crippen MR) is 171 cm³/mol. The maximum atomic E-state index is 12.4. The molecule has 0 atom stereocenters. The van der Waals surface area contributed by atoms with Crippen molar-refractivity contribution in [3.8, 4) is 22.9 Å². The Bertz CT molecular complexity index is 1170. The van der Waals surface area contributed by atoms with Crippen molar-refractivity contribution in [2.24, 2.45) is 5.92 Å². The number of esters is 1. The summed E-state index contributed by atoms with van der Waals surface area (Å²) in [4.78, 5) is 21.5. The number of carbonyl (C=O) groups excluding carboxylic acids is 1. The molecule has 0 amide bonds. The third kappa shape index (κ3) is 10.6. The van der Waals surface area contributed by atoms with Gasteiger partial charge in [0, 0.05) is 18.0 Å². The van der Waals surface area contributed by atoms with Gasteiger partial charge in [0.05, 0.1) is 0 Å². The molecule has 42 heavy (non-hydrogen) atoms. The Balaban J connectivity index is 1.16. The standard InChI is InChI=1S/C37H50N2O3/c1-3-5-7-8-9-11-13-30-26-38-37(39-27-30)33-20-24-35(25-21-33)42-36(40)28-41-34-22-18-32(19-23-34)31-16-14-29(15-17-31)12-10-6-4-2/h18-27,29,31H,3-17,28H2,1-2H3. The van der Waals surface area contributed by atoms with E-state index in [0.29, 0.717) is 23.2 Å². The summed E-state index contributed by atoms with van der Waals surface area (Å²) < 4.78 is 11.2. The summed E-state index contributed by atoms with van der Waals surface area (Å²) in [5.41, 5.74) is 3.45. The van der Waals surface area contributed by atoms with Gasteiger partial charge in [0.25, 0.3) is 0 Å². The van der Waals surface area contributed by atoms with Crippen molar-refractivity contribution in [2.45, 2.75) is 116 Å². The SMILES string of the molecule is CCCCCCCCc1cnc(-c2ccc(OC(=O)COc3ccc(C4CCC(CCCCC)CC4)cc3)cc2)nc1. The molecule has 1 aromatic heterocycles. The molecule has 1 fully saturated rings. The van der Waals surface area contributed by atoms with Gasteiger partial charge in [-0.2, -0.15) is 0 Å². The van der Waals surface area contributed by atoms with Crippen molar-refractivity contribution in [1.29, 1.82) is 0 Å². The van der Waals surface area contributed by atoms with E-state index in [2.05, 4.69) is 35.9 Å². The third-order valence-electron chi connectivity index (χ3n) is 8.64. The summed E-state index contributed by atoms with van der Waals surface area (Å²) >= 11 is 0. The Hall–Kier alpha value is -3.21. The first kappa shape index (κ1) is 31.7. The summed E-state index contributed by atoms with van der Waals surface area (Å²) in [5, 5.41) is 0. The van der Waals surface area contributed by atoms with Crippen LogP contribution in [0.15, 0.2) is 60.9 Å². The molecule has 3 aromatic rings. The minimum absolute atomic E-state index is 0.132. The first-order valence-electron chi connectivity index (χ1n) is 16.5. The monoisotopic (exact) mass is 570 g/mol. The topological polar surface area (TPSA) is 61.3 Å². The summed E-state index contributed by atoms with van der Waals surface area (Å²) in [7, 11) is 0. The first-order chi connectivity index (χ1) is 20.6. The number of unbranched alkanes of at least 4 members (excludes halogenated alkanes) is 7. The minimum Gasteiger partial charge on any atom is -0.482 e. The highest BCUT2D eigenvalue weighted by Gasteiger charge is 2.22. The van der Waals surface area contributed by atoms with Crippen LogP contribution in [0.25, 0.3) is 11.4 Å². The Morgan fingerprint density at radius 3 is 2.05 bits per heavy atom. The van der Waals surface area contributed by atoms with Crippen LogP contribution in [-0.2, 0) is 11.2 Å². The largest absolute Gasteiger partial charge is 0.482 e. The van der Waals surface area contributed by atoms with E-state index in [1.54, 1.807) is 12.1 Å². The molecule has 1 saturated carbocycles. The van der Waals surface area contributed by atoms with Crippen LogP contribution in [0.4, 0.5) is 0 Å². The highest BCUT2D eigenvalue weighted by molar-refractivity contribution is 5.74. The molecule has 5 heteroatoms. The summed E-state index contributed by atoms with van der Waals surface area (Å²) in [6.07, 6.45) is 23.3. The molecule has 0 bridgehead atoms. The number of aryl methyl sites for hydroxylation is 1. The molecule has 226 valence electrons. The number of ether oxygens (including phenoxy) is 2. The number of rotatable bonds is 17. The van der Waals surface area contributed by atoms with Gasteiger partial charge in [-0.15, -0.1) is 0 Å². The maximum absolute atomic E-state index is 12.4. The molecule has 0 saturated heterocycles. The molecule has 0 radical (unpaired) electrons. The third-order valence-corrected chi connectivity index (χ3v) is 8.64. The van der Waals surface area contributed by atoms with E-state index < -0.39 is 5.97 Å². The van der Waals surface area contributed by atoms with Crippen molar-refractivity contribution in [1.82, 2.24) is 9.97 Å². The van der Waals surface area contributed by atoms with Crippen LogP contribution in [0, 0.1) is 5.92 Å². The van der Waals surface area contributed by atoms with Crippen molar-refractivity contribution in [3.63, 3.8) is 0 Å². The molecule has 2 aromatic carbocycles. The molecule has 0 N–H and O–H groups in total. The second kappa shape index (κ2) is 17.7. The van der Waals surface area contributed by atoms with Crippen molar-refractivity contribution in [2.75, 3.05) is 6.61 Å². The van der Waals surface area contributed by atoms with Crippen molar-refractivity contribution in [3.05, 3.63) is 72.1 Å². The van der Waals surface area contributed by atoms with E-state index in [0.717, 1.165) is 17.9 Å². The fourth-order valence-electron chi connectivity index (χ4n) is 6.02. The fraction of sp³-hybridized carbons (Fsp3) is 0.541. The van der Waals surface area contributed by atoms with Crippen LogP contribution in [0.3, 0.4) is 0 Å². The zero-order valence-corrected chi connectivity index (χ0v) is 25.9. The van der Waals surface area contributed by atoms with E-state index in [1.807, 2.05) is 36.7 Å². The highest BCUT2D eigenvalue weighted by atomic mass is 16.6. The average molecular weight is 571 g/mol. The fourth-order valence-corrected chi connectivity index (χ4v) is 6.02. The summed E-state index contributed by atoms with van der Waals surface area (Å²) in [6, 6.07) is 15.6. The van der Waals surface area contributed by atoms with Gasteiger partial charge in [0.1, 0.15) is 11.5 Å². The Labute approximate surface area is 253 Å². The van der Waals surface area contributed by atoms with Gasteiger partial charge in [0.2, 0.25) is 0 Å². The van der Waals surface area contributed by atoms with Crippen LogP contribution in [0.2, 0.25) is 0 Å². The Morgan fingerprint density at radius 1 is 0.738 bits per heavy atom. The number of aromatic nitrogens is 2. The van der Waals surface area contributed by atoms with Gasteiger partial charge < -0.3 is 9.47 Å². The maximum Gasteiger partial charge on any atom is 0.349 e. The molecule has 0 spiro atoms. The van der Waals surface area contributed by atoms with Crippen LogP contribution in [-0.4, -0.2) is 22.5 Å². The lowest BCUT2D eigenvalue weighted by Crippen LogP contribution is -2.17. The molecular formula is C37H50N2O3. The molecule has 0 unspecified atom stereocenters. The van der Waals surface area contributed by atoms with Gasteiger partial charge in [-0.05, 0) is 97.9 Å². The van der Waals surface area contributed by atoms with E-state index in [-0.39, 0.29) is 6.61 Å². The zero-order chi connectivity index (χ0) is 29.4. The van der Waals surface area contributed by atoms with E-state index in [9.17, 15) is 4.79 Å². The van der Waals surface area contributed by atoms with E-state index in [1.165, 1.54) is 101 Å². The summed E-state index contributed by atoms with van der Waals surface area (Å²) in [5.74, 6) is 2.97. The Morgan fingerprint density at radius 2 is 1.36 bits per heavy atom. The van der Waals surface area contributed by atoms with Gasteiger partial charge in [-0.1, -0.05) is 83.8 Å². The number of benzene rings is 2. The van der Waals surface area contributed by atoms with Crippen LogP contribution >= 0.6 is 0 Å². The molecule has 5 nitrogen and oxygen atoms in total. The van der Waals surface area contributed by atoms with Gasteiger partial charge in [0.15, 0.2) is 12.4 Å². The molecule has 1 heterocycles. The predicted octanol–water partition coefficient (Wildman–Crippen LogP) is 9.89. The van der Waals surface area contributed by atoms with Crippen LogP contribution in [0.5, 0.6) is 11.5 Å². The normalized spacial score (nSPS) is 16.7. The molecular weight excluding hydrogens is 520 g/mol. The van der Waals surface area contributed by atoms with Crippen LogP contribution in [0.1, 0.15) is 121 Å². The average Bonchev–Trinajstić information content (AvgIpc) is 3.03. The smallest absolute Gasteiger partial charge is 0.349 e. The van der Waals surface area contributed by atoms with E-state index in [4.69, 9.17) is 9.47 Å². The number of nitrogens with zero attached hydrogens (tertiary/aromatic N) is 2. The molecule has 4 rings (SSSR count). The second-order valence-corrected chi connectivity index (χ2v) is 12.0. The van der Waals surface area contributed by atoms with Gasteiger partial charge in [-0.3, -0.25) is 0 Å². The second-order valence-electron chi connectivity index (χ2n) is 12.0. The molecule has 0 aliphatic heterocycles. The lowest BCUT2D eigenvalue weighted by molar-refractivity contribution is -0.136.